The number of rotatable bonds is 1. The van der Waals surface area contributed by atoms with Gasteiger partial charge >= 0.3 is 0 Å². The highest BCUT2D eigenvalue weighted by Crippen LogP contribution is 2.23. The van der Waals surface area contributed by atoms with Crippen molar-refractivity contribution in [3.05, 3.63) is 0 Å². The van der Waals surface area contributed by atoms with Crippen molar-refractivity contribution in [1.29, 1.82) is 0 Å². The molecule has 1 fully saturated rings. The van der Waals surface area contributed by atoms with Gasteiger partial charge in [-0.3, -0.25) is 0 Å². The Balaban J connectivity index is 2.51. The van der Waals surface area contributed by atoms with Crippen LogP contribution in [0.15, 0.2) is 4.99 Å². The molecule has 1 aliphatic rings. The van der Waals surface area contributed by atoms with E-state index in [1.807, 2.05) is 0 Å². The van der Waals surface area contributed by atoms with Gasteiger partial charge in [-0.05, 0) is 20.8 Å². The van der Waals surface area contributed by atoms with Crippen LogP contribution in [0.1, 0.15) is 20.8 Å². The molecule has 1 aliphatic heterocycles. The summed E-state index contributed by atoms with van der Waals surface area (Å²) < 4.78 is 5.47. The van der Waals surface area contributed by atoms with Crippen LogP contribution in [0.4, 0.5) is 0 Å². The van der Waals surface area contributed by atoms with Crippen molar-refractivity contribution < 1.29 is 4.74 Å². The van der Waals surface area contributed by atoms with Crippen LogP contribution in [0.25, 0.3) is 0 Å². The van der Waals surface area contributed by atoms with Gasteiger partial charge in [0.25, 0.3) is 0 Å². The van der Waals surface area contributed by atoms with Gasteiger partial charge in [0, 0.05) is 5.75 Å². The molecule has 0 aromatic carbocycles. The smallest absolute Gasteiger partial charge is 0.246 e. The van der Waals surface area contributed by atoms with Crippen molar-refractivity contribution in [2.24, 2.45) is 4.99 Å². The van der Waals surface area contributed by atoms with Crippen molar-refractivity contribution in [2.75, 3.05) is 11.6 Å². The molecule has 12 heavy (non-hydrogen) atoms. The molecule has 1 saturated heterocycles. The maximum Gasteiger partial charge on any atom is 0.246 e. The summed E-state index contributed by atoms with van der Waals surface area (Å²) in [5, 5.41) is 0.785. The molecule has 1 rings (SSSR count). The molecule has 70 valence electrons. The van der Waals surface area contributed by atoms with E-state index in [0.717, 1.165) is 11.0 Å². The second-order valence-corrected chi connectivity index (χ2v) is 5.03. The molecule has 0 radical (unpaired) electrons. The molecule has 0 N–H and O–H groups in total. The van der Waals surface area contributed by atoms with Gasteiger partial charge in [0.1, 0.15) is 6.10 Å². The minimum Gasteiger partial charge on any atom is -0.468 e. The molecule has 0 aliphatic carbocycles. The molecule has 0 spiro atoms. The van der Waals surface area contributed by atoms with Gasteiger partial charge in [-0.15, -0.1) is 11.6 Å². The van der Waals surface area contributed by atoms with Crippen molar-refractivity contribution in [3.8, 4) is 0 Å². The lowest BCUT2D eigenvalue weighted by molar-refractivity contribution is 0.251. The lowest BCUT2D eigenvalue weighted by Crippen LogP contribution is -2.15. The third kappa shape index (κ3) is 3.23. The van der Waals surface area contributed by atoms with E-state index in [1.54, 1.807) is 11.8 Å². The predicted octanol–water partition coefficient (Wildman–Crippen LogP) is 2.51. The highest BCUT2D eigenvalue weighted by atomic mass is 35.5. The maximum absolute atomic E-state index is 5.65. The van der Waals surface area contributed by atoms with Gasteiger partial charge in [0.2, 0.25) is 5.23 Å². The molecule has 0 saturated carbocycles. The summed E-state index contributed by atoms with van der Waals surface area (Å²) in [5.41, 5.74) is -0.0520. The molecule has 0 aromatic heterocycles. The van der Waals surface area contributed by atoms with E-state index in [9.17, 15) is 0 Å². The van der Waals surface area contributed by atoms with Crippen LogP contribution < -0.4 is 0 Å². The van der Waals surface area contributed by atoms with Crippen molar-refractivity contribution in [3.63, 3.8) is 0 Å². The fourth-order valence-electron chi connectivity index (χ4n) is 0.783. The standard InChI is InChI=1S/C8H14ClNOS/c1-8(2,3)10-7-11-6(4-9)5-12-7/h6H,4-5H2,1-3H3. The molecular formula is C8H14ClNOS. The van der Waals surface area contributed by atoms with Crippen LogP contribution >= 0.6 is 23.4 Å². The van der Waals surface area contributed by atoms with Crippen LogP contribution in [-0.2, 0) is 4.74 Å². The minimum atomic E-state index is -0.0520. The first kappa shape index (κ1) is 10.2. The number of thioether (sulfide) groups is 1. The molecule has 1 unspecified atom stereocenters. The number of hydrogen-bond acceptors (Lipinski definition) is 3. The van der Waals surface area contributed by atoms with Crippen molar-refractivity contribution in [2.45, 2.75) is 32.4 Å². The van der Waals surface area contributed by atoms with Crippen LogP contribution in [0.3, 0.4) is 0 Å². The summed E-state index contributed by atoms with van der Waals surface area (Å²) in [4.78, 5) is 4.41. The number of nitrogens with zero attached hydrogens (tertiary/aromatic N) is 1. The quantitative estimate of drug-likeness (QED) is 0.617. The molecule has 0 bridgehead atoms. The van der Waals surface area contributed by atoms with Crippen molar-refractivity contribution in [1.82, 2.24) is 0 Å². The van der Waals surface area contributed by atoms with Crippen LogP contribution in [0.5, 0.6) is 0 Å². The van der Waals surface area contributed by atoms with E-state index in [-0.39, 0.29) is 11.6 Å². The Labute approximate surface area is 82.7 Å². The summed E-state index contributed by atoms with van der Waals surface area (Å²) >= 11 is 7.30. The van der Waals surface area contributed by atoms with Gasteiger partial charge in [0.15, 0.2) is 0 Å². The summed E-state index contributed by atoms with van der Waals surface area (Å²) in [6.07, 6.45) is 0.151. The molecule has 0 aromatic rings. The third-order valence-electron chi connectivity index (χ3n) is 1.26. The Kier molecular flexibility index (Phi) is 3.29. The van der Waals surface area contributed by atoms with Crippen LogP contribution in [-0.4, -0.2) is 28.5 Å². The van der Waals surface area contributed by atoms with E-state index in [4.69, 9.17) is 16.3 Å². The van der Waals surface area contributed by atoms with Gasteiger partial charge in [-0.25, -0.2) is 4.99 Å². The molecule has 1 heterocycles. The summed E-state index contributed by atoms with van der Waals surface area (Å²) in [7, 11) is 0. The molecule has 1 atom stereocenters. The predicted molar refractivity (Wildman–Crippen MR) is 55.2 cm³/mol. The van der Waals surface area contributed by atoms with Crippen LogP contribution in [0, 0.1) is 0 Å². The monoisotopic (exact) mass is 207 g/mol. The second-order valence-electron chi connectivity index (χ2n) is 3.75. The lowest BCUT2D eigenvalue weighted by atomic mass is 10.1. The summed E-state index contributed by atoms with van der Waals surface area (Å²) in [6.45, 7) is 6.16. The number of hydrogen-bond donors (Lipinski definition) is 0. The second kappa shape index (κ2) is 3.88. The molecular weight excluding hydrogens is 194 g/mol. The van der Waals surface area contributed by atoms with Gasteiger partial charge in [-0.2, -0.15) is 0 Å². The zero-order valence-electron chi connectivity index (χ0n) is 7.63. The van der Waals surface area contributed by atoms with Gasteiger partial charge in [0.05, 0.1) is 11.4 Å². The highest BCUT2D eigenvalue weighted by molar-refractivity contribution is 8.13. The molecule has 4 heteroatoms. The Hall–Kier alpha value is 0.110. The van der Waals surface area contributed by atoms with Crippen LogP contribution in [0.2, 0.25) is 0 Å². The van der Waals surface area contributed by atoms with E-state index in [1.165, 1.54) is 0 Å². The lowest BCUT2D eigenvalue weighted by Gasteiger charge is -2.12. The largest absolute Gasteiger partial charge is 0.468 e. The fourth-order valence-corrected chi connectivity index (χ4v) is 2.14. The first-order valence-corrected chi connectivity index (χ1v) is 5.48. The number of alkyl halides is 1. The van der Waals surface area contributed by atoms with E-state index >= 15 is 0 Å². The van der Waals surface area contributed by atoms with Gasteiger partial charge < -0.3 is 4.74 Å². The number of ether oxygens (including phenoxy) is 1. The third-order valence-corrected chi connectivity index (χ3v) is 2.58. The zero-order chi connectivity index (χ0) is 9.19. The molecule has 0 amide bonds. The van der Waals surface area contributed by atoms with Gasteiger partial charge in [-0.1, -0.05) is 11.8 Å². The maximum atomic E-state index is 5.65. The Bertz CT molecular complexity index is 188. The van der Waals surface area contributed by atoms with E-state index in [0.29, 0.717) is 5.88 Å². The highest BCUT2D eigenvalue weighted by Gasteiger charge is 2.23. The van der Waals surface area contributed by atoms with E-state index < -0.39 is 0 Å². The summed E-state index contributed by atoms with van der Waals surface area (Å²) in [6, 6.07) is 0. The average molecular weight is 208 g/mol. The summed E-state index contributed by atoms with van der Waals surface area (Å²) in [5.74, 6) is 1.48. The normalized spacial score (nSPS) is 27.7. The van der Waals surface area contributed by atoms with Crippen molar-refractivity contribution >= 4 is 28.6 Å². The SMILES string of the molecule is CC(C)(C)N=C1OC(CCl)CS1. The first-order chi connectivity index (χ1) is 5.51. The number of aliphatic imine (C=N–C) groups is 1. The Morgan fingerprint density at radius 1 is 1.67 bits per heavy atom. The zero-order valence-corrected chi connectivity index (χ0v) is 9.21. The first-order valence-electron chi connectivity index (χ1n) is 3.96. The fraction of sp³-hybridized carbons (Fsp3) is 0.875. The van der Waals surface area contributed by atoms with E-state index in [2.05, 4.69) is 25.8 Å². The minimum absolute atomic E-state index is 0.0520. The average Bonchev–Trinajstić information content (AvgIpc) is 2.32. The Morgan fingerprint density at radius 3 is 2.75 bits per heavy atom. The Morgan fingerprint density at radius 2 is 2.33 bits per heavy atom. The molecule has 2 nitrogen and oxygen atoms in total. The topological polar surface area (TPSA) is 21.6 Å². The number of halogens is 1.